The molecule has 6 nitrogen and oxygen atoms in total. The van der Waals surface area contributed by atoms with E-state index in [1.165, 1.54) is 11.3 Å². The highest BCUT2D eigenvalue weighted by molar-refractivity contribution is 7.13. The van der Waals surface area contributed by atoms with Crippen molar-refractivity contribution in [3.8, 4) is 0 Å². The molecule has 0 radical (unpaired) electrons. The third kappa shape index (κ3) is 3.51. The van der Waals surface area contributed by atoms with E-state index in [1.54, 1.807) is 0 Å². The topological polar surface area (TPSA) is 59.4 Å². The number of morpholine rings is 1. The van der Waals surface area contributed by atoms with Crippen LogP contribution in [0.2, 0.25) is 0 Å². The number of anilines is 1. The molecule has 3 aromatic rings. The number of ether oxygens (including phenoxy) is 1. The molecule has 0 aliphatic carbocycles. The molecule has 1 aliphatic rings. The lowest BCUT2D eigenvalue weighted by Crippen LogP contribution is -2.35. The largest absolute Gasteiger partial charge is 0.379 e. The van der Waals surface area contributed by atoms with Crippen LogP contribution in [0.1, 0.15) is 23.1 Å². The second kappa shape index (κ2) is 7.57. The zero-order valence-corrected chi connectivity index (χ0v) is 15.6. The molecule has 0 bridgehead atoms. The summed E-state index contributed by atoms with van der Waals surface area (Å²) < 4.78 is 7.41. The number of thiazole rings is 1. The fourth-order valence-electron chi connectivity index (χ4n) is 3.33. The van der Waals surface area contributed by atoms with Gasteiger partial charge in [0.05, 0.1) is 18.9 Å². The van der Waals surface area contributed by atoms with Gasteiger partial charge in [0.1, 0.15) is 5.69 Å². The van der Waals surface area contributed by atoms with Crippen LogP contribution in [0.25, 0.3) is 10.9 Å². The molecule has 26 heavy (non-hydrogen) atoms. The number of nitrogens with zero attached hydrogens (tertiary/aromatic N) is 3. The number of carbonyl (C=O) groups is 1. The van der Waals surface area contributed by atoms with Crippen molar-refractivity contribution >= 4 is 33.3 Å². The fraction of sp³-hybridized carbons (Fsp3) is 0.368. The molecule has 0 saturated carbocycles. The van der Waals surface area contributed by atoms with Gasteiger partial charge in [-0.1, -0.05) is 18.2 Å². The Morgan fingerprint density at radius 3 is 2.92 bits per heavy atom. The number of nitrogens with one attached hydrogen (secondary N) is 1. The number of benzene rings is 1. The highest BCUT2D eigenvalue weighted by Crippen LogP contribution is 2.22. The Hall–Kier alpha value is -2.22. The van der Waals surface area contributed by atoms with Crippen LogP contribution in [0.3, 0.4) is 0 Å². The summed E-state index contributed by atoms with van der Waals surface area (Å²) in [4.78, 5) is 19.7. The summed E-state index contributed by atoms with van der Waals surface area (Å²) in [5.74, 6) is -0.115. The minimum absolute atomic E-state index is 0.115. The van der Waals surface area contributed by atoms with Crippen molar-refractivity contribution < 1.29 is 9.53 Å². The summed E-state index contributed by atoms with van der Waals surface area (Å²) in [5.41, 5.74) is 2.73. The van der Waals surface area contributed by atoms with E-state index in [0.717, 1.165) is 56.0 Å². The van der Waals surface area contributed by atoms with Gasteiger partial charge in [0.25, 0.3) is 5.91 Å². The molecule has 1 aliphatic heterocycles. The maximum atomic E-state index is 12.8. The van der Waals surface area contributed by atoms with E-state index >= 15 is 0 Å². The van der Waals surface area contributed by atoms with Gasteiger partial charge in [0.15, 0.2) is 5.13 Å². The van der Waals surface area contributed by atoms with E-state index in [9.17, 15) is 4.79 Å². The Labute approximate surface area is 156 Å². The van der Waals surface area contributed by atoms with Gasteiger partial charge in [-0.15, -0.1) is 11.3 Å². The number of aromatic nitrogens is 2. The molecule has 2 aromatic heterocycles. The molecule has 7 heteroatoms. The van der Waals surface area contributed by atoms with Crippen molar-refractivity contribution in [1.29, 1.82) is 0 Å². The maximum absolute atomic E-state index is 12.8. The second-order valence-electron chi connectivity index (χ2n) is 6.32. The van der Waals surface area contributed by atoms with Crippen LogP contribution in [0, 0.1) is 0 Å². The zero-order valence-electron chi connectivity index (χ0n) is 14.8. The fourth-order valence-corrected chi connectivity index (χ4v) is 4.02. The Balaban J connectivity index is 1.48. The third-order valence-corrected chi connectivity index (χ3v) is 5.43. The van der Waals surface area contributed by atoms with Gasteiger partial charge in [-0.3, -0.25) is 15.0 Å². The van der Waals surface area contributed by atoms with E-state index in [1.807, 2.05) is 47.2 Å². The lowest BCUT2D eigenvalue weighted by molar-refractivity contribution is 0.0337. The first-order valence-corrected chi connectivity index (χ1v) is 9.76. The number of hydrogen-bond donors (Lipinski definition) is 1. The average Bonchev–Trinajstić information content (AvgIpc) is 3.26. The molecule has 136 valence electrons. The van der Waals surface area contributed by atoms with Gasteiger partial charge >= 0.3 is 0 Å². The van der Waals surface area contributed by atoms with Crippen LogP contribution >= 0.6 is 11.3 Å². The van der Waals surface area contributed by atoms with Crippen molar-refractivity contribution in [1.82, 2.24) is 14.5 Å². The van der Waals surface area contributed by atoms with Crippen molar-refractivity contribution in [3.63, 3.8) is 0 Å². The Morgan fingerprint density at radius 2 is 2.12 bits per heavy atom. The molecule has 0 unspecified atom stereocenters. The first-order valence-electron chi connectivity index (χ1n) is 8.88. The molecule has 1 aromatic carbocycles. The number of para-hydroxylation sites is 1. The van der Waals surface area contributed by atoms with Crippen molar-refractivity contribution in [2.75, 3.05) is 31.6 Å². The summed E-state index contributed by atoms with van der Waals surface area (Å²) >= 11 is 1.47. The molecule has 1 amide bonds. The van der Waals surface area contributed by atoms with Crippen molar-refractivity contribution in [2.45, 2.75) is 20.0 Å². The van der Waals surface area contributed by atoms with E-state index < -0.39 is 0 Å². The highest BCUT2D eigenvalue weighted by Gasteiger charge is 2.17. The van der Waals surface area contributed by atoms with Crippen LogP contribution in [-0.4, -0.2) is 46.7 Å². The number of fused-ring (bicyclic) bond motifs is 1. The predicted molar refractivity (Wildman–Crippen MR) is 104 cm³/mol. The summed E-state index contributed by atoms with van der Waals surface area (Å²) in [5, 5.41) is 6.69. The number of amides is 1. The van der Waals surface area contributed by atoms with Crippen LogP contribution in [0.15, 0.2) is 35.7 Å². The quantitative estimate of drug-likeness (QED) is 0.749. The third-order valence-electron chi connectivity index (χ3n) is 4.62. The Morgan fingerprint density at radius 1 is 1.31 bits per heavy atom. The Kier molecular flexibility index (Phi) is 5.01. The molecule has 1 saturated heterocycles. The van der Waals surface area contributed by atoms with Gasteiger partial charge in [-0.05, 0) is 19.1 Å². The second-order valence-corrected chi connectivity index (χ2v) is 7.18. The summed E-state index contributed by atoms with van der Waals surface area (Å²) in [7, 11) is 0. The highest BCUT2D eigenvalue weighted by atomic mass is 32.1. The molecule has 1 N–H and O–H groups in total. The van der Waals surface area contributed by atoms with Gasteiger partial charge < -0.3 is 9.30 Å². The van der Waals surface area contributed by atoms with Gasteiger partial charge in [0.2, 0.25) is 0 Å². The van der Waals surface area contributed by atoms with E-state index in [2.05, 4.69) is 15.2 Å². The van der Waals surface area contributed by atoms with Crippen molar-refractivity contribution in [3.05, 3.63) is 47.1 Å². The summed E-state index contributed by atoms with van der Waals surface area (Å²) in [6.45, 7) is 6.99. The van der Waals surface area contributed by atoms with Crippen LogP contribution in [-0.2, 0) is 17.8 Å². The van der Waals surface area contributed by atoms with Gasteiger partial charge in [-0.25, -0.2) is 4.98 Å². The lowest BCUT2D eigenvalue weighted by atomic mass is 10.2. The van der Waals surface area contributed by atoms with Crippen LogP contribution in [0.4, 0.5) is 5.13 Å². The lowest BCUT2D eigenvalue weighted by Gasteiger charge is -2.25. The van der Waals surface area contributed by atoms with E-state index in [0.29, 0.717) is 10.8 Å². The molecule has 0 spiro atoms. The number of aryl methyl sites for hydroxylation is 1. The predicted octanol–water partition coefficient (Wildman–Crippen LogP) is 3.20. The molecular weight excluding hydrogens is 348 g/mol. The molecule has 0 atom stereocenters. The van der Waals surface area contributed by atoms with E-state index in [-0.39, 0.29) is 5.91 Å². The van der Waals surface area contributed by atoms with Gasteiger partial charge in [-0.2, -0.15) is 0 Å². The van der Waals surface area contributed by atoms with Gasteiger partial charge in [0, 0.05) is 42.5 Å². The first-order chi connectivity index (χ1) is 12.7. The normalized spacial score (nSPS) is 15.4. The van der Waals surface area contributed by atoms with Crippen LogP contribution < -0.4 is 5.32 Å². The summed E-state index contributed by atoms with van der Waals surface area (Å²) in [6, 6.07) is 10.00. The van der Waals surface area contributed by atoms with Crippen LogP contribution in [0.5, 0.6) is 0 Å². The molecule has 3 heterocycles. The number of hydrogen-bond acceptors (Lipinski definition) is 5. The SMILES string of the molecule is CCn1c(C(=O)Nc2nc(CN3CCOCC3)cs2)cc2ccccc21. The van der Waals surface area contributed by atoms with E-state index in [4.69, 9.17) is 4.74 Å². The zero-order chi connectivity index (χ0) is 17.9. The average molecular weight is 370 g/mol. The monoisotopic (exact) mass is 370 g/mol. The van der Waals surface area contributed by atoms with Crippen molar-refractivity contribution in [2.24, 2.45) is 0 Å². The number of carbonyl (C=O) groups excluding carboxylic acids is 1. The Bertz CT molecular complexity index is 911. The minimum Gasteiger partial charge on any atom is -0.379 e. The minimum atomic E-state index is -0.115. The first kappa shape index (κ1) is 17.2. The summed E-state index contributed by atoms with van der Waals surface area (Å²) in [6.07, 6.45) is 0. The molecule has 1 fully saturated rings. The standard InChI is InChI=1S/C19H22N4O2S/c1-2-23-16-6-4-3-5-14(16)11-17(23)18(24)21-19-20-15(13-26-19)12-22-7-9-25-10-8-22/h3-6,11,13H,2,7-10,12H2,1H3,(H,20,21,24). The smallest absolute Gasteiger partial charge is 0.274 e. The molecule has 4 rings (SSSR count). The maximum Gasteiger partial charge on any atom is 0.274 e. The molecular formula is C19H22N4O2S. The number of rotatable bonds is 5.